The summed E-state index contributed by atoms with van der Waals surface area (Å²) in [5.74, 6) is -0.00583. The molecule has 3 aliphatic heterocycles. The number of ether oxygens (including phenoxy) is 2. The SMILES string of the molecule is Nc1ccccc1NC(=O)CCCCCC(=O)NCc1ccc(C2OC(CN3CCC4(CC3)C(=O)NCN4c3ccccc3)CC(c3ccc(CO)cc3)O2)cc1. The van der Waals surface area contributed by atoms with Gasteiger partial charge in [-0.15, -0.1) is 0 Å². The Morgan fingerprint density at radius 3 is 2.19 bits per heavy atom. The van der Waals surface area contributed by atoms with E-state index in [1.54, 1.807) is 12.1 Å². The highest BCUT2D eigenvalue weighted by Gasteiger charge is 2.50. The zero-order valence-corrected chi connectivity index (χ0v) is 32.4. The summed E-state index contributed by atoms with van der Waals surface area (Å²) < 4.78 is 13.3. The molecule has 0 radical (unpaired) electrons. The van der Waals surface area contributed by atoms with Crippen LogP contribution in [0.1, 0.15) is 86.0 Å². The van der Waals surface area contributed by atoms with Gasteiger partial charge in [0.2, 0.25) is 17.7 Å². The first-order valence-corrected chi connectivity index (χ1v) is 20.1. The van der Waals surface area contributed by atoms with Crippen LogP contribution >= 0.6 is 0 Å². The van der Waals surface area contributed by atoms with Crippen LogP contribution in [-0.4, -0.2) is 65.7 Å². The fourth-order valence-corrected chi connectivity index (χ4v) is 8.11. The summed E-state index contributed by atoms with van der Waals surface area (Å²) in [5.41, 5.74) is 11.3. The molecule has 3 fully saturated rings. The van der Waals surface area contributed by atoms with E-state index in [0.29, 0.717) is 63.2 Å². The summed E-state index contributed by atoms with van der Waals surface area (Å²) in [4.78, 5) is 42.7. The van der Waals surface area contributed by atoms with Crippen molar-refractivity contribution in [1.29, 1.82) is 0 Å². The Morgan fingerprint density at radius 2 is 1.47 bits per heavy atom. The molecule has 0 aliphatic carbocycles. The van der Waals surface area contributed by atoms with Crippen LogP contribution in [-0.2, 0) is 37.0 Å². The Kier molecular flexibility index (Phi) is 13.2. The summed E-state index contributed by atoms with van der Waals surface area (Å²) in [6.45, 7) is 3.18. The molecule has 3 amide bonds. The summed E-state index contributed by atoms with van der Waals surface area (Å²) in [7, 11) is 0. The first-order chi connectivity index (χ1) is 27.8. The maximum atomic E-state index is 13.2. The van der Waals surface area contributed by atoms with Crippen LogP contribution in [0.3, 0.4) is 0 Å². The van der Waals surface area contributed by atoms with Crippen LogP contribution in [0.4, 0.5) is 17.1 Å². The van der Waals surface area contributed by atoms with Crippen molar-refractivity contribution in [2.45, 2.75) is 88.6 Å². The third-order valence-electron chi connectivity index (χ3n) is 11.4. The number of anilines is 3. The van der Waals surface area contributed by atoms with E-state index in [1.165, 1.54) is 0 Å². The van der Waals surface area contributed by atoms with E-state index in [4.69, 9.17) is 15.2 Å². The number of nitrogens with two attached hydrogens (primary N) is 1. The van der Waals surface area contributed by atoms with E-state index in [2.05, 4.69) is 37.9 Å². The largest absolute Gasteiger partial charge is 0.397 e. The average Bonchev–Trinajstić information content (AvgIpc) is 3.56. The Labute approximate surface area is 334 Å². The Morgan fingerprint density at radius 1 is 0.807 bits per heavy atom. The van der Waals surface area contributed by atoms with Gasteiger partial charge in [0.05, 0.1) is 36.9 Å². The summed E-state index contributed by atoms with van der Waals surface area (Å²) in [6, 6.07) is 33.2. The monoisotopic (exact) mass is 774 g/mol. The molecule has 3 unspecified atom stereocenters. The molecular formula is C45H54N6O6. The number of unbranched alkanes of at least 4 members (excludes halogenated alkanes) is 2. The maximum absolute atomic E-state index is 13.2. The molecule has 3 saturated heterocycles. The van der Waals surface area contributed by atoms with E-state index < -0.39 is 11.8 Å². The van der Waals surface area contributed by atoms with Gasteiger partial charge in [0.15, 0.2) is 6.29 Å². The predicted octanol–water partition coefficient (Wildman–Crippen LogP) is 5.94. The summed E-state index contributed by atoms with van der Waals surface area (Å²) in [5, 5.41) is 18.6. The third-order valence-corrected chi connectivity index (χ3v) is 11.4. The zero-order chi connectivity index (χ0) is 39.6. The second kappa shape index (κ2) is 18.8. The fourth-order valence-electron chi connectivity index (χ4n) is 8.11. The Hall–Kier alpha value is -5.27. The molecule has 0 aromatic heterocycles. The molecule has 12 heteroatoms. The Bertz CT molecular complexity index is 1950. The van der Waals surface area contributed by atoms with Crippen LogP contribution < -0.4 is 26.6 Å². The number of aliphatic hydroxyl groups excluding tert-OH is 1. The van der Waals surface area contributed by atoms with Crippen LogP contribution in [0.2, 0.25) is 0 Å². The topological polar surface area (TPSA) is 158 Å². The van der Waals surface area contributed by atoms with Crippen molar-refractivity contribution < 1.29 is 29.0 Å². The number of carbonyl (C=O) groups is 3. The minimum atomic E-state index is -0.590. The van der Waals surface area contributed by atoms with Crippen molar-refractivity contribution in [3.05, 3.63) is 125 Å². The molecule has 4 aromatic carbocycles. The molecule has 7 rings (SSSR count). The number of nitrogens with one attached hydrogen (secondary N) is 3. The van der Waals surface area contributed by atoms with Gasteiger partial charge < -0.3 is 46.1 Å². The molecule has 3 heterocycles. The number of nitrogen functional groups attached to an aromatic ring is 1. The molecule has 1 spiro atoms. The lowest BCUT2D eigenvalue weighted by Gasteiger charge is -2.45. The number of piperidine rings is 1. The highest BCUT2D eigenvalue weighted by Crippen LogP contribution is 2.40. The van der Waals surface area contributed by atoms with Crippen LogP contribution in [0.15, 0.2) is 103 Å². The molecule has 4 aromatic rings. The molecule has 3 atom stereocenters. The number of nitrogens with zero attached hydrogens (tertiary/aromatic N) is 2. The van der Waals surface area contributed by atoms with E-state index in [9.17, 15) is 19.5 Å². The number of para-hydroxylation sites is 3. The number of likely N-dealkylation sites (tertiary alicyclic amines) is 1. The molecule has 12 nitrogen and oxygen atoms in total. The Balaban J connectivity index is 0.906. The van der Waals surface area contributed by atoms with Gasteiger partial charge in [0, 0.05) is 56.7 Å². The van der Waals surface area contributed by atoms with Crippen molar-refractivity contribution in [2.24, 2.45) is 0 Å². The molecule has 57 heavy (non-hydrogen) atoms. The van der Waals surface area contributed by atoms with Gasteiger partial charge in [-0.25, -0.2) is 0 Å². The second-order valence-electron chi connectivity index (χ2n) is 15.3. The van der Waals surface area contributed by atoms with Crippen molar-refractivity contribution in [3.63, 3.8) is 0 Å². The van der Waals surface area contributed by atoms with Crippen LogP contribution in [0.5, 0.6) is 0 Å². The van der Waals surface area contributed by atoms with E-state index in [0.717, 1.165) is 60.3 Å². The fraction of sp³-hybridized carbons (Fsp3) is 0.400. The standard InChI is InChI=1S/C45H54N6O6/c46-38-11-7-8-12-39(38)49-42(54)14-6-2-5-13-41(53)47-28-32-15-21-35(22-16-32)43-56-37(27-40(57-43)34-19-17-33(30-52)18-20-34)29-50-25-23-45(24-26-50)44(55)48-31-51(45)36-9-3-1-4-10-36/h1,3-4,7-12,15-22,37,40,43,52H,2,5-6,13-14,23-31,46H2,(H,47,53)(H,48,55)(H,49,54). The predicted molar refractivity (Wildman–Crippen MR) is 220 cm³/mol. The lowest BCUT2D eigenvalue weighted by atomic mass is 9.85. The molecular weight excluding hydrogens is 721 g/mol. The maximum Gasteiger partial charge on any atom is 0.247 e. The quantitative estimate of drug-likeness (QED) is 0.0729. The van der Waals surface area contributed by atoms with E-state index in [-0.39, 0.29) is 36.5 Å². The van der Waals surface area contributed by atoms with Gasteiger partial charge in [-0.05, 0) is 66.6 Å². The number of benzene rings is 4. The van der Waals surface area contributed by atoms with Gasteiger partial charge in [0.25, 0.3) is 0 Å². The number of hydrogen-bond acceptors (Lipinski definition) is 9. The molecule has 0 saturated carbocycles. The lowest BCUT2D eigenvalue weighted by Crippen LogP contribution is -2.57. The van der Waals surface area contributed by atoms with Crippen molar-refractivity contribution >= 4 is 34.8 Å². The van der Waals surface area contributed by atoms with Crippen molar-refractivity contribution in [1.82, 2.24) is 15.5 Å². The normalized spacial score (nSPS) is 20.6. The first-order valence-electron chi connectivity index (χ1n) is 20.1. The van der Waals surface area contributed by atoms with Gasteiger partial charge in [-0.2, -0.15) is 0 Å². The van der Waals surface area contributed by atoms with Crippen molar-refractivity contribution in [2.75, 3.05) is 42.3 Å². The van der Waals surface area contributed by atoms with Gasteiger partial charge in [-0.1, -0.05) is 85.3 Å². The van der Waals surface area contributed by atoms with E-state index >= 15 is 0 Å². The third kappa shape index (κ3) is 10.0. The average molecular weight is 775 g/mol. The molecule has 300 valence electrons. The summed E-state index contributed by atoms with van der Waals surface area (Å²) >= 11 is 0. The first kappa shape index (κ1) is 39.9. The lowest BCUT2D eigenvalue weighted by molar-refractivity contribution is -0.253. The number of aliphatic hydroxyl groups is 1. The highest BCUT2D eigenvalue weighted by atomic mass is 16.7. The second-order valence-corrected chi connectivity index (χ2v) is 15.3. The number of rotatable bonds is 15. The highest BCUT2D eigenvalue weighted by molar-refractivity contribution is 5.94. The van der Waals surface area contributed by atoms with Gasteiger partial charge >= 0.3 is 0 Å². The number of carbonyl (C=O) groups excluding carboxylic acids is 3. The molecule has 6 N–H and O–H groups in total. The number of hydrogen-bond donors (Lipinski definition) is 5. The van der Waals surface area contributed by atoms with Crippen LogP contribution in [0.25, 0.3) is 0 Å². The molecule has 3 aliphatic rings. The zero-order valence-electron chi connectivity index (χ0n) is 32.4. The molecule has 0 bridgehead atoms. The van der Waals surface area contributed by atoms with Crippen LogP contribution in [0, 0.1) is 0 Å². The van der Waals surface area contributed by atoms with Crippen molar-refractivity contribution in [3.8, 4) is 0 Å². The smallest absolute Gasteiger partial charge is 0.247 e. The minimum Gasteiger partial charge on any atom is -0.397 e. The van der Waals surface area contributed by atoms with E-state index in [1.807, 2.05) is 78.9 Å². The summed E-state index contributed by atoms with van der Waals surface area (Å²) in [6.07, 6.45) is 4.17. The number of amides is 3. The van der Waals surface area contributed by atoms with Gasteiger partial charge in [-0.3, -0.25) is 14.4 Å². The minimum absolute atomic E-state index is 0.0185. The van der Waals surface area contributed by atoms with Gasteiger partial charge in [0.1, 0.15) is 5.54 Å².